The summed E-state index contributed by atoms with van der Waals surface area (Å²) in [5.74, 6) is 0.0925. The number of piperidine rings is 1. The van der Waals surface area contributed by atoms with E-state index in [2.05, 4.69) is 10.6 Å². The quantitative estimate of drug-likeness (QED) is 0.872. The van der Waals surface area contributed by atoms with E-state index in [-0.39, 0.29) is 22.7 Å². The lowest BCUT2D eigenvalue weighted by Gasteiger charge is -2.27. The maximum Gasteiger partial charge on any atom is 0.417 e. The number of nitrogens with one attached hydrogen (secondary N) is 2. The van der Waals surface area contributed by atoms with Gasteiger partial charge in [0, 0.05) is 5.69 Å². The van der Waals surface area contributed by atoms with Crippen LogP contribution in [0.2, 0.25) is 5.02 Å². The summed E-state index contributed by atoms with van der Waals surface area (Å²) in [6, 6.07) is 2.98. The molecule has 2 atom stereocenters. The Morgan fingerprint density at radius 1 is 1.43 bits per heavy atom. The van der Waals surface area contributed by atoms with E-state index in [0.29, 0.717) is 12.3 Å². The summed E-state index contributed by atoms with van der Waals surface area (Å²) in [4.78, 5) is 12.1. The third-order valence-corrected chi connectivity index (χ3v) is 3.85. The summed E-state index contributed by atoms with van der Waals surface area (Å²) >= 11 is 5.54. The lowest BCUT2D eigenvalue weighted by molar-refractivity contribution is -0.137. The Labute approximate surface area is 125 Å². The van der Waals surface area contributed by atoms with Crippen LogP contribution in [0, 0.1) is 5.92 Å². The lowest BCUT2D eigenvalue weighted by atomic mass is 9.94. The maximum absolute atomic E-state index is 12.8. The van der Waals surface area contributed by atoms with Gasteiger partial charge in [-0.15, -0.1) is 0 Å². The fourth-order valence-electron chi connectivity index (χ4n) is 2.36. The van der Waals surface area contributed by atoms with Gasteiger partial charge in [0.15, 0.2) is 0 Å². The molecule has 2 unspecified atom stereocenters. The third-order valence-electron chi connectivity index (χ3n) is 3.52. The Kier molecular flexibility index (Phi) is 4.78. The molecular weight excluding hydrogens is 305 g/mol. The molecule has 0 spiro atoms. The van der Waals surface area contributed by atoms with E-state index in [1.165, 1.54) is 6.07 Å². The summed E-state index contributed by atoms with van der Waals surface area (Å²) < 4.78 is 38.3. The molecule has 2 N–H and O–H groups in total. The number of halogens is 4. The Balaban J connectivity index is 2.11. The van der Waals surface area contributed by atoms with Crippen molar-refractivity contribution in [3.8, 4) is 0 Å². The van der Waals surface area contributed by atoms with Gasteiger partial charge < -0.3 is 10.6 Å². The first kappa shape index (κ1) is 16.1. The Morgan fingerprint density at radius 2 is 2.14 bits per heavy atom. The minimum absolute atomic E-state index is 0.0942. The molecule has 21 heavy (non-hydrogen) atoms. The second-order valence-electron chi connectivity index (χ2n) is 5.32. The van der Waals surface area contributed by atoms with Crippen LogP contribution in [0.5, 0.6) is 0 Å². The van der Waals surface area contributed by atoms with Crippen molar-refractivity contribution in [2.75, 3.05) is 11.9 Å². The van der Waals surface area contributed by atoms with Crippen molar-refractivity contribution < 1.29 is 18.0 Å². The predicted octanol–water partition coefficient (Wildman–Crippen LogP) is 3.69. The molecule has 116 valence electrons. The molecule has 0 aromatic heterocycles. The van der Waals surface area contributed by atoms with Gasteiger partial charge in [-0.1, -0.05) is 18.5 Å². The van der Waals surface area contributed by atoms with Crippen molar-refractivity contribution in [1.82, 2.24) is 5.32 Å². The standard InChI is InChI=1S/C14H16ClF3N2O/c1-8-4-5-19-12(6-8)13(21)20-9-2-3-11(15)10(7-9)14(16,17)18/h2-3,7-8,12,19H,4-6H2,1H3,(H,20,21). The van der Waals surface area contributed by atoms with Gasteiger partial charge in [0.05, 0.1) is 16.6 Å². The highest BCUT2D eigenvalue weighted by Gasteiger charge is 2.33. The molecule has 0 radical (unpaired) electrons. The van der Waals surface area contributed by atoms with Gasteiger partial charge >= 0.3 is 6.18 Å². The molecular formula is C14H16ClF3N2O. The summed E-state index contributed by atoms with van der Waals surface area (Å²) in [5.41, 5.74) is -0.858. The van der Waals surface area contributed by atoms with Crippen molar-refractivity contribution in [1.29, 1.82) is 0 Å². The van der Waals surface area contributed by atoms with Crippen molar-refractivity contribution in [3.05, 3.63) is 28.8 Å². The predicted molar refractivity (Wildman–Crippen MR) is 75.3 cm³/mol. The maximum atomic E-state index is 12.8. The van der Waals surface area contributed by atoms with Crippen molar-refractivity contribution in [2.45, 2.75) is 32.0 Å². The number of amides is 1. The molecule has 1 aromatic rings. The van der Waals surface area contributed by atoms with E-state index < -0.39 is 11.7 Å². The van der Waals surface area contributed by atoms with Gasteiger partial charge in [0.25, 0.3) is 0 Å². The van der Waals surface area contributed by atoms with E-state index >= 15 is 0 Å². The number of benzene rings is 1. The zero-order valence-corrected chi connectivity index (χ0v) is 12.2. The summed E-state index contributed by atoms with van der Waals surface area (Å²) in [6.45, 7) is 2.78. The van der Waals surface area contributed by atoms with E-state index in [0.717, 1.165) is 25.1 Å². The van der Waals surface area contributed by atoms with Crippen molar-refractivity contribution >= 4 is 23.2 Å². The van der Waals surface area contributed by atoms with Gasteiger partial charge in [0.1, 0.15) is 0 Å². The smallest absolute Gasteiger partial charge is 0.325 e. The minimum Gasteiger partial charge on any atom is -0.325 e. The first-order valence-corrected chi connectivity index (χ1v) is 7.06. The monoisotopic (exact) mass is 320 g/mol. The number of hydrogen-bond donors (Lipinski definition) is 2. The lowest BCUT2D eigenvalue weighted by Crippen LogP contribution is -2.45. The molecule has 1 saturated heterocycles. The van der Waals surface area contributed by atoms with Crippen LogP contribution in [-0.2, 0) is 11.0 Å². The average molecular weight is 321 g/mol. The molecule has 1 aromatic carbocycles. The zero-order valence-electron chi connectivity index (χ0n) is 11.4. The van der Waals surface area contributed by atoms with E-state index in [1.807, 2.05) is 6.92 Å². The largest absolute Gasteiger partial charge is 0.417 e. The molecule has 1 amide bonds. The number of alkyl halides is 3. The number of carbonyl (C=O) groups is 1. The summed E-state index contributed by atoms with van der Waals surface area (Å²) in [5, 5.41) is 5.19. The molecule has 3 nitrogen and oxygen atoms in total. The van der Waals surface area contributed by atoms with Crippen LogP contribution >= 0.6 is 11.6 Å². The average Bonchev–Trinajstić information content (AvgIpc) is 2.39. The van der Waals surface area contributed by atoms with Gasteiger partial charge in [-0.2, -0.15) is 13.2 Å². The van der Waals surface area contributed by atoms with Crippen LogP contribution in [0.15, 0.2) is 18.2 Å². The van der Waals surface area contributed by atoms with Gasteiger partial charge in [0.2, 0.25) is 5.91 Å². The molecule has 1 heterocycles. The fraction of sp³-hybridized carbons (Fsp3) is 0.500. The molecule has 2 rings (SSSR count). The van der Waals surface area contributed by atoms with Crippen LogP contribution in [-0.4, -0.2) is 18.5 Å². The Bertz CT molecular complexity index is 533. The van der Waals surface area contributed by atoms with E-state index in [1.54, 1.807) is 0 Å². The molecule has 0 bridgehead atoms. The molecule has 7 heteroatoms. The second-order valence-corrected chi connectivity index (χ2v) is 5.73. The van der Waals surface area contributed by atoms with Crippen molar-refractivity contribution in [3.63, 3.8) is 0 Å². The summed E-state index contributed by atoms with van der Waals surface area (Å²) in [6.07, 6.45) is -2.88. The van der Waals surface area contributed by atoms with Crippen LogP contribution < -0.4 is 10.6 Å². The minimum atomic E-state index is -4.55. The highest BCUT2D eigenvalue weighted by atomic mass is 35.5. The number of carbonyl (C=O) groups excluding carboxylic acids is 1. The van der Waals surface area contributed by atoms with E-state index in [9.17, 15) is 18.0 Å². The summed E-state index contributed by atoms with van der Waals surface area (Å²) in [7, 11) is 0. The fourth-order valence-corrected chi connectivity index (χ4v) is 2.58. The number of hydrogen-bond acceptors (Lipinski definition) is 2. The second kappa shape index (κ2) is 6.23. The normalized spacial score (nSPS) is 22.9. The van der Waals surface area contributed by atoms with Crippen LogP contribution in [0.1, 0.15) is 25.3 Å². The topological polar surface area (TPSA) is 41.1 Å². The Hall–Kier alpha value is -1.27. The van der Waals surface area contributed by atoms with Crippen LogP contribution in [0.3, 0.4) is 0 Å². The molecule has 0 saturated carbocycles. The van der Waals surface area contributed by atoms with Crippen LogP contribution in [0.4, 0.5) is 18.9 Å². The van der Waals surface area contributed by atoms with Crippen molar-refractivity contribution in [2.24, 2.45) is 5.92 Å². The molecule has 1 fully saturated rings. The van der Waals surface area contributed by atoms with Gasteiger partial charge in [-0.25, -0.2) is 0 Å². The van der Waals surface area contributed by atoms with Gasteiger partial charge in [-0.3, -0.25) is 4.79 Å². The SMILES string of the molecule is CC1CCNC(C(=O)Nc2ccc(Cl)c(C(F)(F)F)c2)C1. The number of rotatable bonds is 2. The molecule has 0 aliphatic carbocycles. The first-order chi connectivity index (χ1) is 9.77. The van der Waals surface area contributed by atoms with Crippen LogP contribution in [0.25, 0.3) is 0 Å². The first-order valence-electron chi connectivity index (χ1n) is 6.68. The Morgan fingerprint density at radius 3 is 2.76 bits per heavy atom. The van der Waals surface area contributed by atoms with Gasteiger partial charge in [-0.05, 0) is 43.5 Å². The number of anilines is 1. The zero-order chi connectivity index (χ0) is 15.6. The highest BCUT2D eigenvalue weighted by Crippen LogP contribution is 2.36. The molecule has 1 aliphatic rings. The highest BCUT2D eigenvalue weighted by molar-refractivity contribution is 6.31. The molecule has 1 aliphatic heterocycles. The third kappa shape index (κ3) is 4.11. The van der Waals surface area contributed by atoms with E-state index in [4.69, 9.17) is 11.6 Å².